The second-order valence-electron chi connectivity index (χ2n) is 5.40. The van der Waals surface area contributed by atoms with E-state index in [1.807, 2.05) is 27.7 Å². The van der Waals surface area contributed by atoms with E-state index in [4.69, 9.17) is 0 Å². The zero-order valence-electron chi connectivity index (χ0n) is 12.7. The lowest BCUT2D eigenvalue weighted by molar-refractivity contribution is 0.179. The molecule has 0 fully saturated rings. The van der Waals surface area contributed by atoms with Crippen LogP contribution in [0.2, 0.25) is 0 Å². The quantitative estimate of drug-likeness (QED) is 0.839. The van der Waals surface area contributed by atoms with Gasteiger partial charge in [0.2, 0.25) is 10.0 Å². The lowest BCUT2D eigenvalue weighted by Crippen LogP contribution is -2.42. The minimum absolute atomic E-state index is 0.206. The maximum Gasteiger partial charge on any atom is 0.240 e. The SMILES string of the molecule is CC(C)N(CCNS(=O)(=O)c1ccc(F)c(F)c1)C(C)C. The lowest BCUT2D eigenvalue weighted by Gasteiger charge is -2.30. The minimum Gasteiger partial charge on any atom is -0.297 e. The van der Waals surface area contributed by atoms with E-state index in [0.29, 0.717) is 12.6 Å². The molecule has 0 aliphatic rings. The van der Waals surface area contributed by atoms with E-state index in [9.17, 15) is 17.2 Å². The van der Waals surface area contributed by atoms with Crippen LogP contribution in [-0.4, -0.2) is 38.5 Å². The number of sulfonamides is 1. The molecule has 7 heteroatoms. The van der Waals surface area contributed by atoms with E-state index in [-0.39, 0.29) is 23.5 Å². The summed E-state index contributed by atoms with van der Waals surface area (Å²) in [6, 6.07) is 3.11. The third-order valence-corrected chi connectivity index (χ3v) is 4.65. The Labute approximate surface area is 125 Å². The fourth-order valence-electron chi connectivity index (χ4n) is 2.15. The van der Waals surface area contributed by atoms with Crippen molar-refractivity contribution in [2.45, 2.75) is 44.7 Å². The van der Waals surface area contributed by atoms with Crippen LogP contribution in [0.4, 0.5) is 8.78 Å². The van der Waals surface area contributed by atoms with Crippen LogP contribution < -0.4 is 4.72 Å². The second kappa shape index (κ2) is 7.29. The summed E-state index contributed by atoms with van der Waals surface area (Å²) in [7, 11) is -3.83. The first-order chi connectivity index (χ1) is 9.65. The number of nitrogens with zero attached hydrogens (tertiary/aromatic N) is 1. The molecule has 0 aromatic heterocycles. The summed E-state index contributed by atoms with van der Waals surface area (Å²) in [6.07, 6.45) is 0. The third kappa shape index (κ3) is 5.01. The van der Waals surface area contributed by atoms with Crippen LogP contribution in [0.25, 0.3) is 0 Å². The van der Waals surface area contributed by atoms with Gasteiger partial charge in [0.15, 0.2) is 11.6 Å². The summed E-state index contributed by atoms with van der Waals surface area (Å²) in [5.74, 6) is -2.25. The molecular formula is C14H22F2N2O2S. The standard InChI is InChI=1S/C14H22F2N2O2S/c1-10(2)18(11(3)4)8-7-17-21(19,20)12-5-6-13(15)14(16)9-12/h5-6,9-11,17H,7-8H2,1-4H3. The summed E-state index contributed by atoms with van der Waals surface area (Å²) in [6.45, 7) is 8.87. The number of rotatable bonds is 7. The molecule has 0 spiro atoms. The molecule has 0 saturated heterocycles. The van der Waals surface area contributed by atoms with Gasteiger partial charge in [-0.2, -0.15) is 0 Å². The maximum atomic E-state index is 13.1. The molecule has 0 unspecified atom stereocenters. The maximum absolute atomic E-state index is 13.1. The van der Waals surface area contributed by atoms with Crippen LogP contribution >= 0.6 is 0 Å². The normalized spacial score (nSPS) is 12.6. The van der Waals surface area contributed by atoms with E-state index in [1.165, 1.54) is 0 Å². The Morgan fingerprint density at radius 3 is 2.14 bits per heavy atom. The molecule has 1 aromatic rings. The van der Waals surface area contributed by atoms with Gasteiger partial charge < -0.3 is 0 Å². The highest BCUT2D eigenvalue weighted by molar-refractivity contribution is 7.89. The predicted octanol–water partition coefficient (Wildman–Crippen LogP) is 2.36. The Hall–Kier alpha value is -1.05. The number of halogens is 2. The number of hydrogen-bond acceptors (Lipinski definition) is 3. The largest absolute Gasteiger partial charge is 0.297 e. The molecule has 0 radical (unpaired) electrons. The summed E-state index contributed by atoms with van der Waals surface area (Å²) in [5, 5.41) is 0. The van der Waals surface area contributed by atoms with Crippen molar-refractivity contribution in [1.82, 2.24) is 9.62 Å². The first-order valence-electron chi connectivity index (χ1n) is 6.85. The predicted molar refractivity (Wildman–Crippen MR) is 78.5 cm³/mol. The Balaban J connectivity index is 2.71. The number of nitrogens with one attached hydrogen (secondary N) is 1. The Morgan fingerprint density at radius 2 is 1.67 bits per heavy atom. The van der Waals surface area contributed by atoms with Gasteiger partial charge in [-0.15, -0.1) is 0 Å². The van der Waals surface area contributed by atoms with Gasteiger partial charge >= 0.3 is 0 Å². The molecule has 21 heavy (non-hydrogen) atoms. The fraction of sp³-hybridized carbons (Fsp3) is 0.571. The Morgan fingerprint density at radius 1 is 1.10 bits per heavy atom. The molecule has 0 saturated carbocycles. The topological polar surface area (TPSA) is 49.4 Å². The molecule has 1 aromatic carbocycles. The molecule has 120 valence electrons. The molecular weight excluding hydrogens is 298 g/mol. The van der Waals surface area contributed by atoms with Crippen molar-refractivity contribution in [3.8, 4) is 0 Å². The number of benzene rings is 1. The van der Waals surface area contributed by atoms with Gasteiger partial charge in [-0.1, -0.05) is 0 Å². The highest BCUT2D eigenvalue weighted by atomic mass is 32.2. The molecule has 0 heterocycles. The van der Waals surface area contributed by atoms with Gasteiger partial charge in [0.25, 0.3) is 0 Å². The number of hydrogen-bond donors (Lipinski definition) is 1. The Bertz CT molecular complexity index is 566. The van der Waals surface area contributed by atoms with E-state index in [0.717, 1.165) is 12.1 Å². The summed E-state index contributed by atoms with van der Waals surface area (Å²) < 4.78 is 52.3. The average molecular weight is 320 g/mol. The third-order valence-electron chi connectivity index (χ3n) is 3.19. The van der Waals surface area contributed by atoms with Crippen molar-refractivity contribution in [3.05, 3.63) is 29.8 Å². The van der Waals surface area contributed by atoms with Crippen LogP contribution in [-0.2, 0) is 10.0 Å². The van der Waals surface area contributed by atoms with Crippen LogP contribution in [0.1, 0.15) is 27.7 Å². The summed E-state index contributed by atoms with van der Waals surface area (Å²) >= 11 is 0. The molecule has 1 rings (SSSR count). The van der Waals surface area contributed by atoms with Crippen LogP contribution in [0.3, 0.4) is 0 Å². The average Bonchev–Trinajstić information content (AvgIpc) is 2.36. The van der Waals surface area contributed by atoms with Gasteiger partial charge in [-0.05, 0) is 45.9 Å². The monoisotopic (exact) mass is 320 g/mol. The smallest absolute Gasteiger partial charge is 0.240 e. The van der Waals surface area contributed by atoms with Crippen LogP contribution in [0.15, 0.2) is 23.1 Å². The van der Waals surface area contributed by atoms with E-state index in [2.05, 4.69) is 9.62 Å². The Kier molecular flexibility index (Phi) is 6.24. The van der Waals surface area contributed by atoms with Gasteiger partial charge in [0.05, 0.1) is 4.90 Å². The summed E-state index contributed by atoms with van der Waals surface area (Å²) in [4.78, 5) is 1.86. The molecule has 0 atom stereocenters. The summed E-state index contributed by atoms with van der Waals surface area (Å²) in [5.41, 5.74) is 0. The molecule has 4 nitrogen and oxygen atoms in total. The van der Waals surface area contributed by atoms with Crippen molar-refractivity contribution < 1.29 is 17.2 Å². The molecule has 0 bridgehead atoms. The van der Waals surface area contributed by atoms with Gasteiger partial charge in [0.1, 0.15) is 0 Å². The van der Waals surface area contributed by atoms with Crippen molar-refractivity contribution in [2.24, 2.45) is 0 Å². The molecule has 0 aliphatic heterocycles. The van der Waals surface area contributed by atoms with Crippen LogP contribution in [0, 0.1) is 11.6 Å². The first-order valence-corrected chi connectivity index (χ1v) is 8.34. The minimum atomic E-state index is -3.83. The van der Waals surface area contributed by atoms with Crippen molar-refractivity contribution in [1.29, 1.82) is 0 Å². The molecule has 1 N–H and O–H groups in total. The van der Waals surface area contributed by atoms with Crippen LogP contribution in [0.5, 0.6) is 0 Å². The van der Waals surface area contributed by atoms with Gasteiger partial charge in [-0.25, -0.2) is 21.9 Å². The zero-order valence-corrected chi connectivity index (χ0v) is 13.5. The van der Waals surface area contributed by atoms with Crippen molar-refractivity contribution in [2.75, 3.05) is 13.1 Å². The van der Waals surface area contributed by atoms with Gasteiger partial charge in [-0.3, -0.25) is 4.90 Å². The second-order valence-corrected chi connectivity index (χ2v) is 7.17. The van der Waals surface area contributed by atoms with E-state index < -0.39 is 21.7 Å². The highest BCUT2D eigenvalue weighted by Gasteiger charge is 2.18. The van der Waals surface area contributed by atoms with E-state index in [1.54, 1.807) is 0 Å². The van der Waals surface area contributed by atoms with E-state index >= 15 is 0 Å². The van der Waals surface area contributed by atoms with Crippen molar-refractivity contribution in [3.63, 3.8) is 0 Å². The zero-order chi connectivity index (χ0) is 16.2. The van der Waals surface area contributed by atoms with Gasteiger partial charge in [0, 0.05) is 25.2 Å². The highest BCUT2D eigenvalue weighted by Crippen LogP contribution is 2.13. The van der Waals surface area contributed by atoms with Crippen molar-refractivity contribution >= 4 is 10.0 Å². The first kappa shape index (κ1) is 18.0. The lowest BCUT2D eigenvalue weighted by atomic mass is 10.2. The fourth-order valence-corrected chi connectivity index (χ4v) is 3.18. The molecule has 0 aliphatic carbocycles. The molecule has 0 amide bonds.